The SMILES string of the molecule is COCCNCc1ncc(CCOCC(F)(F)F)o1. The van der Waals surface area contributed by atoms with Gasteiger partial charge in [0, 0.05) is 20.1 Å². The molecule has 0 saturated carbocycles. The first-order valence-electron chi connectivity index (χ1n) is 5.79. The predicted octanol–water partition coefficient (Wildman–Crippen LogP) is 1.53. The fourth-order valence-electron chi connectivity index (χ4n) is 1.28. The topological polar surface area (TPSA) is 56.5 Å². The molecule has 0 amide bonds. The molecule has 1 aromatic rings. The van der Waals surface area contributed by atoms with Crippen LogP contribution in [0, 0.1) is 0 Å². The van der Waals surface area contributed by atoms with Crippen LogP contribution in [0.5, 0.6) is 0 Å². The zero-order valence-electron chi connectivity index (χ0n) is 10.6. The van der Waals surface area contributed by atoms with E-state index in [1.807, 2.05) is 0 Å². The molecule has 1 rings (SSSR count). The molecule has 5 nitrogen and oxygen atoms in total. The summed E-state index contributed by atoms with van der Waals surface area (Å²) in [5.41, 5.74) is 0. The van der Waals surface area contributed by atoms with Gasteiger partial charge in [-0.3, -0.25) is 0 Å². The predicted molar refractivity (Wildman–Crippen MR) is 60.7 cm³/mol. The number of aromatic nitrogens is 1. The van der Waals surface area contributed by atoms with Gasteiger partial charge in [-0.25, -0.2) is 4.98 Å². The van der Waals surface area contributed by atoms with Crippen LogP contribution in [-0.2, 0) is 22.4 Å². The van der Waals surface area contributed by atoms with Gasteiger partial charge in [-0.2, -0.15) is 13.2 Å². The summed E-state index contributed by atoms with van der Waals surface area (Å²) < 4.78 is 50.1. The molecule has 0 aromatic carbocycles. The summed E-state index contributed by atoms with van der Waals surface area (Å²) in [7, 11) is 1.60. The van der Waals surface area contributed by atoms with Crippen molar-refractivity contribution in [3.8, 4) is 0 Å². The van der Waals surface area contributed by atoms with Crippen LogP contribution in [0.15, 0.2) is 10.6 Å². The van der Waals surface area contributed by atoms with E-state index in [2.05, 4.69) is 15.0 Å². The fourth-order valence-corrected chi connectivity index (χ4v) is 1.28. The Bertz CT molecular complexity index is 355. The van der Waals surface area contributed by atoms with Crippen LogP contribution in [0.4, 0.5) is 13.2 Å². The summed E-state index contributed by atoms with van der Waals surface area (Å²) in [6, 6.07) is 0. The van der Waals surface area contributed by atoms with Crippen LogP contribution in [0.2, 0.25) is 0 Å². The molecule has 0 unspecified atom stereocenters. The third kappa shape index (κ3) is 7.81. The number of rotatable bonds is 9. The molecule has 0 atom stereocenters. The first-order valence-corrected chi connectivity index (χ1v) is 5.79. The van der Waals surface area contributed by atoms with E-state index < -0.39 is 12.8 Å². The zero-order chi connectivity index (χ0) is 14.1. The molecule has 1 heterocycles. The molecule has 0 spiro atoms. The summed E-state index contributed by atoms with van der Waals surface area (Å²) in [4.78, 5) is 3.99. The highest BCUT2D eigenvalue weighted by Gasteiger charge is 2.27. The number of alkyl halides is 3. The van der Waals surface area contributed by atoms with Gasteiger partial charge in [0.25, 0.3) is 0 Å². The van der Waals surface area contributed by atoms with Crippen molar-refractivity contribution < 1.29 is 27.1 Å². The number of nitrogens with zero attached hydrogens (tertiary/aromatic N) is 1. The smallest absolute Gasteiger partial charge is 0.411 e. The number of ether oxygens (including phenoxy) is 2. The number of methoxy groups -OCH3 is 1. The van der Waals surface area contributed by atoms with E-state index in [9.17, 15) is 13.2 Å². The average molecular weight is 282 g/mol. The van der Waals surface area contributed by atoms with Gasteiger partial charge in [-0.05, 0) is 0 Å². The molecular weight excluding hydrogens is 265 g/mol. The monoisotopic (exact) mass is 282 g/mol. The summed E-state index contributed by atoms with van der Waals surface area (Å²) in [6.45, 7) is 0.409. The lowest BCUT2D eigenvalue weighted by molar-refractivity contribution is -0.173. The van der Waals surface area contributed by atoms with E-state index in [4.69, 9.17) is 9.15 Å². The van der Waals surface area contributed by atoms with Crippen LogP contribution in [0.3, 0.4) is 0 Å². The summed E-state index contributed by atoms with van der Waals surface area (Å²) >= 11 is 0. The van der Waals surface area contributed by atoms with Crippen LogP contribution in [-0.4, -0.2) is 44.6 Å². The maximum Gasteiger partial charge on any atom is 0.411 e. The molecule has 8 heteroatoms. The summed E-state index contributed by atoms with van der Waals surface area (Å²) in [5.74, 6) is 0.993. The molecule has 0 aliphatic carbocycles. The van der Waals surface area contributed by atoms with Gasteiger partial charge >= 0.3 is 6.18 Å². The van der Waals surface area contributed by atoms with Crippen molar-refractivity contribution in [1.29, 1.82) is 0 Å². The lowest BCUT2D eigenvalue weighted by Gasteiger charge is -2.06. The third-order valence-electron chi connectivity index (χ3n) is 2.12. The Morgan fingerprint density at radius 1 is 1.37 bits per heavy atom. The van der Waals surface area contributed by atoms with Crippen molar-refractivity contribution in [1.82, 2.24) is 10.3 Å². The van der Waals surface area contributed by atoms with Crippen molar-refractivity contribution in [3.05, 3.63) is 17.8 Å². The van der Waals surface area contributed by atoms with Crippen molar-refractivity contribution in [2.75, 3.05) is 33.5 Å². The van der Waals surface area contributed by atoms with E-state index in [1.165, 1.54) is 6.20 Å². The first kappa shape index (κ1) is 15.9. The second kappa shape index (κ2) is 8.13. The Morgan fingerprint density at radius 3 is 2.84 bits per heavy atom. The first-order chi connectivity index (χ1) is 9.01. The van der Waals surface area contributed by atoms with Gasteiger partial charge in [-0.1, -0.05) is 0 Å². The maximum absolute atomic E-state index is 11.8. The Kier molecular flexibility index (Phi) is 6.82. The van der Waals surface area contributed by atoms with E-state index in [0.717, 1.165) is 0 Å². The van der Waals surface area contributed by atoms with E-state index in [1.54, 1.807) is 7.11 Å². The molecule has 0 saturated heterocycles. The Labute approximate surface area is 109 Å². The van der Waals surface area contributed by atoms with Crippen LogP contribution in [0.1, 0.15) is 11.7 Å². The molecule has 1 N–H and O–H groups in total. The number of hydrogen-bond donors (Lipinski definition) is 1. The fraction of sp³-hybridized carbons (Fsp3) is 0.727. The van der Waals surface area contributed by atoms with Crippen molar-refractivity contribution in [2.45, 2.75) is 19.1 Å². The number of halogens is 3. The zero-order valence-corrected chi connectivity index (χ0v) is 10.6. The summed E-state index contributed by atoms with van der Waals surface area (Å²) in [5, 5.41) is 3.04. The van der Waals surface area contributed by atoms with Crippen molar-refractivity contribution >= 4 is 0 Å². The minimum atomic E-state index is -4.29. The average Bonchev–Trinajstić information content (AvgIpc) is 2.77. The largest absolute Gasteiger partial charge is 0.444 e. The number of hydrogen-bond acceptors (Lipinski definition) is 5. The maximum atomic E-state index is 11.8. The van der Waals surface area contributed by atoms with Gasteiger partial charge in [0.15, 0.2) is 0 Å². The Morgan fingerprint density at radius 2 is 2.16 bits per heavy atom. The molecular formula is C11H17F3N2O3. The van der Waals surface area contributed by atoms with E-state index in [0.29, 0.717) is 31.3 Å². The van der Waals surface area contributed by atoms with Gasteiger partial charge in [-0.15, -0.1) is 0 Å². The van der Waals surface area contributed by atoms with Crippen molar-refractivity contribution in [3.63, 3.8) is 0 Å². The van der Waals surface area contributed by atoms with E-state index >= 15 is 0 Å². The molecule has 0 aliphatic heterocycles. The highest BCUT2D eigenvalue weighted by atomic mass is 19.4. The van der Waals surface area contributed by atoms with Crippen LogP contribution >= 0.6 is 0 Å². The second-order valence-corrected chi connectivity index (χ2v) is 3.81. The molecule has 0 bridgehead atoms. The molecule has 0 fully saturated rings. The number of oxazole rings is 1. The minimum Gasteiger partial charge on any atom is -0.444 e. The molecule has 19 heavy (non-hydrogen) atoms. The summed E-state index contributed by atoms with van der Waals surface area (Å²) in [6.07, 6.45) is -2.54. The molecule has 1 aromatic heterocycles. The third-order valence-corrected chi connectivity index (χ3v) is 2.12. The molecule has 0 aliphatic rings. The van der Waals surface area contributed by atoms with E-state index in [-0.39, 0.29) is 13.0 Å². The minimum absolute atomic E-state index is 0.0504. The van der Waals surface area contributed by atoms with Gasteiger partial charge in [0.1, 0.15) is 12.4 Å². The number of nitrogens with one attached hydrogen (secondary N) is 1. The normalized spacial score (nSPS) is 12.0. The standard InChI is InChI=1S/C11H17F3N2O3/c1-17-5-3-15-7-10-16-6-9(19-10)2-4-18-8-11(12,13)14/h6,15H,2-5,7-8H2,1H3. The molecule has 0 radical (unpaired) electrons. The quantitative estimate of drug-likeness (QED) is 0.696. The Balaban J connectivity index is 2.16. The van der Waals surface area contributed by atoms with Crippen molar-refractivity contribution in [2.24, 2.45) is 0 Å². The highest BCUT2D eigenvalue weighted by molar-refractivity contribution is 4.94. The van der Waals surface area contributed by atoms with Gasteiger partial charge in [0.05, 0.1) is 26.0 Å². The van der Waals surface area contributed by atoms with Gasteiger partial charge in [0.2, 0.25) is 5.89 Å². The Hall–Kier alpha value is -1.12. The second-order valence-electron chi connectivity index (χ2n) is 3.81. The highest BCUT2D eigenvalue weighted by Crippen LogP contribution is 2.14. The lowest BCUT2D eigenvalue weighted by atomic mass is 10.4. The lowest BCUT2D eigenvalue weighted by Crippen LogP contribution is -2.18. The van der Waals surface area contributed by atoms with Crippen LogP contribution in [0.25, 0.3) is 0 Å². The van der Waals surface area contributed by atoms with Gasteiger partial charge < -0.3 is 19.2 Å². The molecule has 110 valence electrons. The van der Waals surface area contributed by atoms with Crippen LogP contribution < -0.4 is 5.32 Å².